The molecule has 4 rings (SSSR count). The lowest BCUT2D eigenvalue weighted by Gasteiger charge is -2.27. The maximum Gasteiger partial charge on any atom is 0.223 e. The molecule has 1 spiro atoms. The van der Waals surface area contributed by atoms with Crippen LogP contribution in [0.2, 0.25) is 0 Å². The molecule has 2 N–H and O–H groups in total. The van der Waals surface area contributed by atoms with Crippen LogP contribution in [0.4, 0.5) is 5.82 Å². The molecule has 2 saturated heterocycles. The predicted molar refractivity (Wildman–Crippen MR) is 91.8 cm³/mol. The summed E-state index contributed by atoms with van der Waals surface area (Å²) in [7, 11) is 0. The van der Waals surface area contributed by atoms with E-state index >= 15 is 0 Å². The highest BCUT2D eigenvalue weighted by molar-refractivity contribution is 5.82. The van der Waals surface area contributed by atoms with Crippen LogP contribution in [0.5, 0.6) is 0 Å². The van der Waals surface area contributed by atoms with Crippen LogP contribution in [-0.4, -0.2) is 50.3 Å². The first-order valence-electron chi connectivity index (χ1n) is 9.03. The van der Waals surface area contributed by atoms with Gasteiger partial charge in [0.15, 0.2) is 0 Å². The summed E-state index contributed by atoms with van der Waals surface area (Å²) in [5.74, 6) is 1.43. The first-order chi connectivity index (χ1) is 11.8. The number of hydrogen-bond acceptors (Lipinski definition) is 5. The van der Waals surface area contributed by atoms with Gasteiger partial charge in [-0.05, 0) is 49.4 Å². The van der Waals surface area contributed by atoms with Gasteiger partial charge in [0.25, 0.3) is 0 Å². The summed E-state index contributed by atoms with van der Waals surface area (Å²) >= 11 is 0. The minimum atomic E-state index is 0.217. The lowest BCUT2D eigenvalue weighted by atomic mass is 9.92. The van der Waals surface area contributed by atoms with E-state index in [0.29, 0.717) is 12.0 Å². The van der Waals surface area contributed by atoms with Crippen LogP contribution in [0.1, 0.15) is 24.8 Å². The van der Waals surface area contributed by atoms with Crippen molar-refractivity contribution in [2.24, 2.45) is 11.3 Å². The van der Waals surface area contributed by atoms with Gasteiger partial charge in [0.05, 0.1) is 13.2 Å². The van der Waals surface area contributed by atoms with E-state index in [1.165, 1.54) is 0 Å². The van der Waals surface area contributed by atoms with Crippen molar-refractivity contribution in [1.82, 2.24) is 15.6 Å². The monoisotopic (exact) mass is 330 g/mol. The zero-order valence-electron chi connectivity index (χ0n) is 14.1. The summed E-state index contributed by atoms with van der Waals surface area (Å²) in [4.78, 5) is 19.2. The second-order valence-corrected chi connectivity index (χ2v) is 7.21. The van der Waals surface area contributed by atoms with Crippen LogP contribution in [0.25, 0.3) is 0 Å². The van der Waals surface area contributed by atoms with Gasteiger partial charge in [-0.2, -0.15) is 0 Å². The van der Waals surface area contributed by atoms with Crippen LogP contribution in [-0.2, 0) is 16.1 Å². The Labute approximate surface area is 143 Å². The van der Waals surface area contributed by atoms with Crippen molar-refractivity contribution >= 4 is 11.7 Å². The smallest absolute Gasteiger partial charge is 0.223 e. The van der Waals surface area contributed by atoms with Gasteiger partial charge in [-0.15, -0.1) is 0 Å². The molecule has 0 aromatic carbocycles. The first kappa shape index (κ1) is 15.8. The molecule has 24 heavy (non-hydrogen) atoms. The Morgan fingerprint density at radius 3 is 2.83 bits per heavy atom. The highest BCUT2D eigenvalue weighted by Gasteiger charge is 2.57. The molecule has 1 aromatic rings. The summed E-state index contributed by atoms with van der Waals surface area (Å²) in [6, 6.07) is 4.10. The molecular weight excluding hydrogens is 304 g/mol. The number of hydrogen-bond donors (Lipinski definition) is 2. The molecule has 3 heterocycles. The third-order valence-electron chi connectivity index (χ3n) is 5.72. The van der Waals surface area contributed by atoms with Crippen LogP contribution in [0, 0.1) is 11.3 Å². The fourth-order valence-corrected chi connectivity index (χ4v) is 4.01. The number of carbonyl (C=O) groups excluding carboxylic acids is 1. The molecule has 130 valence electrons. The molecule has 1 aliphatic carbocycles. The highest BCUT2D eigenvalue weighted by Crippen LogP contribution is 2.58. The fraction of sp³-hybridized carbons (Fsp3) is 0.667. The number of nitrogens with one attached hydrogen (secondary N) is 2. The number of amides is 1. The molecule has 1 amide bonds. The normalized spacial score (nSPS) is 25.5. The van der Waals surface area contributed by atoms with Gasteiger partial charge >= 0.3 is 0 Å². The lowest BCUT2D eigenvalue weighted by molar-refractivity contribution is -0.123. The topological polar surface area (TPSA) is 66.5 Å². The van der Waals surface area contributed by atoms with Crippen molar-refractivity contribution < 1.29 is 9.53 Å². The number of carbonyl (C=O) groups is 1. The number of nitrogens with zero attached hydrogens (tertiary/aromatic N) is 2. The van der Waals surface area contributed by atoms with Crippen molar-refractivity contribution in [2.75, 3.05) is 44.3 Å². The average molecular weight is 330 g/mol. The van der Waals surface area contributed by atoms with E-state index in [-0.39, 0.29) is 11.8 Å². The van der Waals surface area contributed by atoms with E-state index in [1.807, 2.05) is 12.3 Å². The number of ether oxygens (including phenoxy) is 1. The molecule has 3 aliphatic rings. The van der Waals surface area contributed by atoms with Crippen molar-refractivity contribution in [3.63, 3.8) is 0 Å². The molecular formula is C18H26N4O2. The van der Waals surface area contributed by atoms with Gasteiger partial charge < -0.3 is 20.3 Å². The Bertz CT molecular complexity index is 577. The summed E-state index contributed by atoms with van der Waals surface area (Å²) < 4.78 is 5.36. The van der Waals surface area contributed by atoms with Crippen molar-refractivity contribution in [3.8, 4) is 0 Å². The Morgan fingerprint density at radius 2 is 2.12 bits per heavy atom. The zero-order valence-corrected chi connectivity index (χ0v) is 14.1. The molecule has 1 aromatic heterocycles. The number of pyridine rings is 1. The quantitative estimate of drug-likeness (QED) is 0.859. The number of morpholine rings is 1. The van der Waals surface area contributed by atoms with Crippen LogP contribution in [0.15, 0.2) is 18.3 Å². The van der Waals surface area contributed by atoms with E-state index in [4.69, 9.17) is 4.74 Å². The molecule has 2 aliphatic heterocycles. The molecule has 1 saturated carbocycles. The Morgan fingerprint density at radius 1 is 1.33 bits per heavy atom. The first-order valence-corrected chi connectivity index (χ1v) is 9.03. The molecule has 1 unspecified atom stereocenters. The number of rotatable bonds is 4. The second-order valence-electron chi connectivity index (χ2n) is 7.21. The standard InChI is InChI=1S/C18H26N4O2/c23-17(15-11-18(15)3-5-19-6-4-18)21-13-14-1-2-16(20-12-14)22-7-9-24-10-8-22/h1-2,12,15,19H,3-11,13H2,(H,21,23). The molecule has 0 radical (unpaired) electrons. The maximum atomic E-state index is 12.4. The van der Waals surface area contributed by atoms with Gasteiger partial charge in [-0.25, -0.2) is 4.98 Å². The predicted octanol–water partition coefficient (Wildman–Crippen LogP) is 0.924. The van der Waals surface area contributed by atoms with Crippen molar-refractivity contribution in [2.45, 2.75) is 25.8 Å². The third-order valence-corrected chi connectivity index (χ3v) is 5.72. The van der Waals surface area contributed by atoms with E-state index < -0.39 is 0 Å². The zero-order chi connectivity index (χ0) is 16.4. The second kappa shape index (κ2) is 6.69. The van der Waals surface area contributed by atoms with Gasteiger partial charge in [0, 0.05) is 31.7 Å². The summed E-state index contributed by atoms with van der Waals surface area (Å²) in [5.41, 5.74) is 1.36. The molecule has 6 heteroatoms. The SMILES string of the molecule is O=C(NCc1ccc(N2CCOCC2)nc1)C1CC12CCNCC2. The van der Waals surface area contributed by atoms with Gasteiger partial charge in [0.1, 0.15) is 5.82 Å². The van der Waals surface area contributed by atoms with Gasteiger partial charge in [-0.3, -0.25) is 4.79 Å². The van der Waals surface area contributed by atoms with Crippen LogP contribution < -0.4 is 15.5 Å². The van der Waals surface area contributed by atoms with Crippen LogP contribution >= 0.6 is 0 Å². The molecule has 3 fully saturated rings. The fourth-order valence-electron chi connectivity index (χ4n) is 4.01. The minimum absolute atomic E-state index is 0.217. The summed E-state index contributed by atoms with van der Waals surface area (Å²) in [6.45, 7) is 5.98. The molecule has 6 nitrogen and oxygen atoms in total. The Hall–Kier alpha value is -1.66. The molecule has 0 bridgehead atoms. The number of aromatic nitrogens is 1. The van der Waals surface area contributed by atoms with Gasteiger partial charge in [0.2, 0.25) is 5.91 Å². The summed E-state index contributed by atoms with van der Waals surface area (Å²) in [5, 5.41) is 6.48. The lowest BCUT2D eigenvalue weighted by Crippen LogP contribution is -2.36. The number of piperidine rings is 1. The summed E-state index contributed by atoms with van der Waals surface area (Å²) in [6.07, 6.45) is 5.22. The van der Waals surface area contributed by atoms with E-state index in [2.05, 4.69) is 26.6 Å². The molecule has 1 atom stereocenters. The van der Waals surface area contributed by atoms with E-state index in [0.717, 1.165) is 70.0 Å². The minimum Gasteiger partial charge on any atom is -0.378 e. The largest absolute Gasteiger partial charge is 0.378 e. The Balaban J connectivity index is 1.27. The average Bonchev–Trinajstić information content (AvgIpc) is 3.34. The van der Waals surface area contributed by atoms with Crippen molar-refractivity contribution in [1.29, 1.82) is 0 Å². The highest BCUT2D eigenvalue weighted by atomic mass is 16.5. The maximum absolute atomic E-state index is 12.4. The van der Waals surface area contributed by atoms with Gasteiger partial charge in [-0.1, -0.05) is 6.07 Å². The van der Waals surface area contributed by atoms with Crippen molar-refractivity contribution in [3.05, 3.63) is 23.9 Å². The van der Waals surface area contributed by atoms with E-state index in [1.54, 1.807) is 0 Å². The van der Waals surface area contributed by atoms with Crippen LogP contribution in [0.3, 0.4) is 0 Å². The Kier molecular flexibility index (Phi) is 4.41. The van der Waals surface area contributed by atoms with E-state index in [9.17, 15) is 4.79 Å². The third kappa shape index (κ3) is 3.26. The number of anilines is 1.